The minimum Gasteiger partial charge on any atom is -0.465 e. The lowest BCUT2D eigenvalue weighted by atomic mass is 10.1. The summed E-state index contributed by atoms with van der Waals surface area (Å²) in [4.78, 5) is 16.2. The molecule has 88 valence electrons. The number of amides is 1. The Balaban J connectivity index is 3.28. The first kappa shape index (κ1) is 13.1. The van der Waals surface area contributed by atoms with Crippen molar-refractivity contribution in [2.24, 2.45) is 0 Å². The molecule has 0 radical (unpaired) electrons. The predicted octanol–water partition coefficient (Wildman–Crippen LogP) is 3.67. The SMILES string of the molecule is CC(C)(C)N(C(=O)O)c1ccc(Cl)nc1Cl. The number of carboxylic acid groups (broad SMARTS) is 1. The summed E-state index contributed by atoms with van der Waals surface area (Å²) in [5, 5.41) is 9.47. The van der Waals surface area contributed by atoms with Gasteiger partial charge in [-0.05, 0) is 32.9 Å². The third-order valence-corrected chi connectivity index (χ3v) is 2.39. The second kappa shape index (κ2) is 4.47. The van der Waals surface area contributed by atoms with Crippen LogP contribution in [0.1, 0.15) is 20.8 Å². The van der Waals surface area contributed by atoms with Gasteiger partial charge in [-0.1, -0.05) is 23.2 Å². The predicted molar refractivity (Wildman–Crippen MR) is 64.5 cm³/mol. The van der Waals surface area contributed by atoms with Crippen LogP contribution >= 0.6 is 23.2 Å². The van der Waals surface area contributed by atoms with Crippen LogP contribution in [-0.4, -0.2) is 21.7 Å². The normalized spacial score (nSPS) is 11.3. The summed E-state index contributed by atoms with van der Waals surface area (Å²) in [6.07, 6.45) is -1.08. The van der Waals surface area contributed by atoms with E-state index in [1.807, 2.05) is 0 Å². The smallest absolute Gasteiger partial charge is 0.412 e. The van der Waals surface area contributed by atoms with Gasteiger partial charge < -0.3 is 5.11 Å². The van der Waals surface area contributed by atoms with Gasteiger partial charge in [0.2, 0.25) is 0 Å². The number of rotatable bonds is 1. The van der Waals surface area contributed by atoms with E-state index < -0.39 is 11.6 Å². The van der Waals surface area contributed by atoms with Gasteiger partial charge in [-0.25, -0.2) is 9.78 Å². The average molecular weight is 263 g/mol. The average Bonchev–Trinajstić information content (AvgIpc) is 2.06. The third kappa shape index (κ3) is 2.77. The van der Waals surface area contributed by atoms with Crippen molar-refractivity contribution in [2.75, 3.05) is 4.90 Å². The van der Waals surface area contributed by atoms with Gasteiger partial charge >= 0.3 is 6.09 Å². The van der Waals surface area contributed by atoms with E-state index in [-0.39, 0.29) is 10.3 Å². The molecule has 0 spiro atoms. The molecule has 0 aliphatic heterocycles. The highest BCUT2D eigenvalue weighted by Gasteiger charge is 2.29. The van der Waals surface area contributed by atoms with Crippen LogP contribution in [0.4, 0.5) is 10.5 Å². The van der Waals surface area contributed by atoms with E-state index >= 15 is 0 Å². The van der Waals surface area contributed by atoms with Crippen LogP contribution in [0.2, 0.25) is 10.3 Å². The summed E-state index contributed by atoms with van der Waals surface area (Å²) in [5.41, 5.74) is -0.281. The molecule has 0 aliphatic rings. The fourth-order valence-corrected chi connectivity index (χ4v) is 1.75. The Bertz CT molecular complexity index is 416. The van der Waals surface area contributed by atoms with E-state index in [0.717, 1.165) is 4.90 Å². The number of carbonyl (C=O) groups is 1. The third-order valence-electron chi connectivity index (χ3n) is 1.90. The van der Waals surface area contributed by atoms with Crippen LogP contribution in [0, 0.1) is 0 Å². The van der Waals surface area contributed by atoms with Gasteiger partial charge in [0.15, 0.2) is 5.15 Å². The summed E-state index contributed by atoms with van der Waals surface area (Å²) in [7, 11) is 0. The molecular formula is C10H12Cl2N2O2. The maximum absolute atomic E-state index is 11.2. The van der Waals surface area contributed by atoms with E-state index in [1.165, 1.54) is 12.1 Å². The minimum absolute atomic E-state index is 0.0739. The van der Waals surface area contributed by atoms with Crippen LogP contribution in [0.25, 0.3) is 0 Å². The van der Waals surface area contributed by atoms with Gasteiger partial charge in [0.1, 0.15) is 5.15 Å². The summed E-state index contributed by atoms with van der Waals surface area (Å²) in [6, 6.07) is 3.04. The molecule has 0 saturated heterocycles. The monoisotopic (exact) mass is 262 g/mol. The first-order chi connectivity index (χ1) is 7.23. The van der Waals surface area contributed by atoms with Crippen LogP contribution in [0.15, 0.2) is 12.1 Å². The standard InChI is InChI=1S/C10H12Cl2N2O2/c1-10(2,3)14(9(15)16)6-4-5-7(11)13-8(6)12/h4-5H,1-3H3,(H,15,16). The highest BCUT2D eigenvalue weighted by atomic mass is 35.5. The molecule has 1 amide bonds. The maximum atomic E-state index is 11.2. The van der Waals surface area contributed by atoms with E-state index in [9.17, 15) is 4.79 Å². The van der Waals surface area contributed by atoms with Crippen molar-refractivity contribution in [3.8, 4) is 0 Å². The molecule has 16 heavy (non-hydrogen) atoms. The lowest BCUT2D eigenvalue weighted by Gasteiger charge is -2.33. The number of nitrogens with zero attached hydrogens (tertiary/aromatic N) is 2. The lowest BCUT2D eigenvalue weighted by Crippen LogP contribution is -2.45. The van der Waals surface area contributed by atoms with E-state index in [4.69, 9.17) is 28.3 Å². The van der Waals surface area contributed by atoms with Crippen molar-refractivity contribution in [3.05, 3.63) is 22.4 Å². The van der Waals surface area contributed by atoms with Crippen LogP contribution in [0.5, 0.6) is 0 Å². The number of aromatic nitrogens is 1. The van der Waals surface area contributed by atoms with Gasteiger partial charge in [0, 0.05) is 5.54 Å². The maximum Gasteiger partial charge on any atom is 0.412 e. The Morgan fingerprint density at radius 3 is 2.31 bits per heavy atom. The first-order valence-electron chi connectivity index (χ1n) is 4.58. The minimum atomic E-state index is -1.08. The van der Waals surface area contributed by atoms with E-state index in [0.29, 0.717) is 5.69 Å². The number of hydrogen-bond acceptors (Lipinski definition) is 2. The molecule has 0 saturated carbocycles. The van der Waals surface area contributed by atoms with E-state index in [1.54, 1.807) is 20.8 Å². The van der Waals surface area contributed by atoms with Crippen molar-refractivity contribution >= 4 is 35.0 Å². The Kier molecular flexibility index (Phi) is 3.65. The topological polar surface area (TPSA) is 53.4 Å². The molecule has 0 atom stereocenters. The van der Waals surface area contributed by atoms with Gasteiger partial charge in [0.25, 0.3) is 0 Å². The Morgan fingerprint density at radius 2 is 1.94 bits per heavy atom. The van der Waals surface area contributed by atoms with Gasteiger partial charge in [0.05, 0.1) is 5.69 Å². The fourth-order valence-electron chi connectivity index (χ4n) is 1.32. The largest absolute Gasteiger partial charge is 0.465 e. The van der Waals surface area contributed by atoms with Gasteiger partial charge in [-0.2, -0.15) is 0 Å². The molecule has 4 nitrogen and oxygen atoms in total. The molecule has 6 heteroatoms. The molecule has 1 rings (SSSR count). The van der Waals surface area contributed by atoms with Crippen molar-refractivity contribution in [2.45, 2.75) is 26.3 Å². The summed E-state index contributed by atoms with van der Waals surface area (Å²) >= 11 is 11.5. The van der Waals surface area contributed by atoms with Crippen molar-refractivity contribution in [3.63, 3.8) is 0 Å². The van der Waals surface area contributed by atoms with Crippen LogP contribution in [0.3, 0.4) is 0 Å². The zero-order chi connectivity index (χ0) is 12.5. The van der Waals surface area contributed by atoms with Crippen molar-refractivity contribution < 1.29 is 9.90 Å². The quantitative estimate of drug-likeness (QED) is 0.786. The van der Waals surface area contributed by atoms with Crippen molar-refractivity contribution in [1.82, 2.24) is 4.98 Å². The second-order valence-electron chi connectivity index (χ2n) is 4.23. The number of pyridine rings is 1. The number of anilines is 1. The number of halogens is 2. The molecule has 0 bridgehead atoms. The number of hydrogen-bond donors (Lipinski definition) is 1. The molecular weight excluding hydrogens is 251 g/mol. The van der Waals surface area contributed by atoms with Gasteiger partial charge in [-0.3, -0.25) is 4.90 Å². The molecule has 1 aromatic heterocycles. The van der Waals surface area contributed by atoms with Gasteiger partial charge in [-0.15, -0.1) is 0 Å². The highest BCUT2D eigenvalue weighted by Crippen LogP contribution is 2.30. The zero-order valence-electron chi connectivity index (χ0n) is 9.16. The first-order valence-corrected chi connectivity index (χ1v) is 5.34. The molecule has 1 aromatic rings. The second-order valence-corrected chi connectivity index (χ2v) is 4.98. The van der Waals surface area contributed by atoms with Crippen LogP contribution in [-0.2, 0) is 0 Å². The van der Waals surface area contributed by atoms with E-state index in [2.05, 4.69) is 4.98 Å². The Labute approximate surface area is 104 Å². The molecule has 0 unspecified atom stereocenters. The Hall–Kier alpha value is -1.00. The lowest BCUT2D eigenvalue weighted by molar-refractivity contribution is 0.195. The summed E-state index contributed by atoms with van der Waals surface area (Å²) in [5.74, 6) is 0. The highest BCUT2D eigenvalue weighted by molar-refractivity contribution is 6.34. The molecule has 1 N–H and O–H groups in total. The molecule has 1 heterocycles. The molecule has 0 aromatic carbocycles. The van der Waals surface area contributed by atoms with Crippen molar-refractivity contribution in [1.29, 1.82) is 0 Å². The zero-order valence-corrected chi connectivity index (χ0v) is 10.7. The van der Waals surface area contributed by atoms with Crippen LogP contribution < -0.4 is 4.90 Å². The fraction of sp³-hybridized carbons (Fsp3) is 0.400. The molecule has 0 aliphatic carbocycles. The Morgan fingerprint density at radius 1 is 1.38 bits per heavy atom. The molecule has 0 fully saturated rings. The summed E-state index contributed by atoms with van der Waals surface area (Å²) < 4.78 is 0. The summed E-state index contributed by atoms with van der Waals surface area (Å²) in [6.45, 7) is 5.31.